The maximum absolute atomic E-state index is 10.7. The minimum atomic E-state index is -1.57. The van der Waals surface area contributed by atoms with Crippen molar-refractivity contribution in [3.05, 3.63) is 28.2 Å². The fourth-order valence-electron chi connectivity index (χ4n) is 0.811. The van der Waals surface area contributed by atoms with Crippen molar-refractivity contribution in [2.24, 2.45) is 0 Å². The summed E-state index contributed by atoms with van der Waals surface area (Å²) in [5.41, 5.74) is 0.245. The van der Waals surface area contributed by atoms with Gasteiger partial charge in [-0.05, 0) is 18.2 Å². The van der Waals surface area contributed by atoms with E-state index < -0.39 is 11.9 Å². The first kappa shape index (κ1) is 10.8. The molecule has 14 heavy (non-hydrogen) atoms. The quantitative estimate of drug-likeness (QED) is 0.730. The summed E-state index contributed by atoms with van der Waals surface area (Å²) in [5.74, 6) is -2.70. The molecule has 1 amide bonds. The van der Waals surface area contributed by atoms with Crippen LogP contribution in [-0.2, 0) is 9.59 Å². The molecule has 1 aromatic carbocycles. The van der Waals surface area contributed by atoms with Gasteiger partial charge in [0.1, 0.15) is 0 Å². The second kappa shape index (κ2) is 4.30. The number of carbonyl (C=O) groups excluding carboxylic acids is 1. The van der Waals surface area contributed by atoms with Gasteiger partial charge in [0.2, 0.25) is 0 Å². The molecule has 6 heteroatoms. The molecule has 0 aliphatic rings. The van der Waals surface area contributed by atoms with E-state index in [0.717, 1.165) is 0 Å². The van der Waals surface area contributed by atoms with E-state index in [1.54, 1.807) is 0 Å². The lowest BCUT2D eigenvalue weighted by atomic mass is 10.3. The van der Waals surface area contributed by atoms with Crippen molar-refractivity contribution in [2.75, 3.05) is 5.32 Å². The average Bonchev–Trinajstić information content (AvgIpc) is 2.01. The van der Waals surface area contributed by atoms with Crippen LogP contribution in [0.15, 0.2) is 18.2 Å². The Kier molecular flexibility index (Phi) is 3.33. The predicted molar refractivity (Wildman–Crippen MR) is 52.7 cm³/mol. The smallest absolute Gasteiger partial charge is 0.394 e. The molecule has 0 saturated carbocycles. The van der Waals surface area contributed by atoms with Gasteiger partial charge in [0, 0.05) is 15.7 Å². The number of anilines is 1. The van der Waals surface area contributed by atoms with Crippen molar-refractivity contribution in [1.82, 2.24) is 0 Å². The van der Waals surface area contributed by atoms with Crippen LogP contribution in [0.2, 0.25) is 10.0 Å². The van der Waals surface area contributed by atoms with Gasteiger partial charge in [0.25, 0.3) is 0 Å². The summed E-state index contributed by atoms with van der Waals surface area (Å²) in [7, 11) is 0. The molecular weight excluding hydrogens is 229 g/mol. The second-order valence-corrected chi connectivity index (χ2v) is 3.29. The second-order valence-electron chi connectivity index (χ2n) is 2.42. The number of benzene rings is 1. The number of rotatable bonds is 1. The number of nitrogens with one attached hydrogen (secondary N) is 1. The summed E-state index contributed by atoms with van der Waals surface area (Å²) >= 11 is 11.3. The number of carbonyl (C=O) groups is 2. The van der Waals surface area contributed by atoms with Crippen LogP contribution in [0.1, 0.15) is 0 Å². The van der Waals surface area contributed by atoms with Crippen molar-refractivity contribution < 1.29 is 14.7 Å². The summed E-state index contributed by atoms with van der Waals surface area (Å²) in [4.78, 5) is 20.9. The van der Waals surface area contributed by atoms with Gasteiger partial charge in [0.05, 0.1) is 0 Å². The Balaban J connectivity index is 2.87. The standard InChI is InChI=1S/C8H5Cl2NO3/c9-4-1-5(10)3-6(2-4)11-7(12)8(13)14/h1-3H,(H,11,12)(H,13,14). The van der Waals surface area contributed by atoms with E-state index in [9.17, 15) is 9.59 Å². The van der Waals surface area contributed by atoms with E-state index in [1.807, 2.05) is 0 Å². The van der Waals surface area contributed by atoms with Crippen LogP contribution in [-0.4, -0.2) is 17.0 Å². The maximum Gasteiger partial charge on any atom is 0.394 e. The van der Waals surface area contributed by atoms with Gasteiger partial charge in [-0.3, -0.25) is 4.79 Å². The number of amides is 1. The minimum Gasteiger partial charge on any atom is -0.474 e. The lowest BCUT2D eigenvalue weighted by Gasteiger charge is -2.02. The first-order chi connectivity index (χ1) is 6.49. The molecule has 0 radical (unpaired) electrons. The zero-order chi connectivity index (χ0) is 10.7. The third kappa shape index (κ3) is 2.90. The number of halogens is 2. The molecule has 2 N–H and O–H groups in total. The predicted octanol–water partition coefficient (Wildman–Crippen LogP) is 2.02. The molecule has 0 aliphatic carbocycles. The highest BCUT2D eigenvalue weighted by Gasteiger charge is 2.11. The molecule has 0 aromatic heterocycles. The zero-order valence-corrected chi connectivity index (χ0v) is 8.26. The highest BCUT2D eigenvalue weighted by atomic mass is 35.5. The average molecular weight is 234 g/mol. The van der Waals surface area contributed by atoms with Crippen molar-refractivity contribution >= 4 is 40.8 Å². The minimum absolute atomic E-state index is 0.245. The number of hydrogen-bond donors (Lipinski definition) is 2. The molecule has 0 heterocycles. The van der Waals surface area contributed by atoms with Crippen LogP contribution in [0.3, 0.4) is 0 Å². The molecule has 0 saturated heterocycles. The van der Waals surface area contributed by atoms with Crippen LogP contribution >= 0.6 is 23.2 Å². The Morgan fingerprint density at radius 1 is 1.14 bits per heavy atom. The molecule has 1 aromatic rings. The van der Waals surface area contributed by atoms with Crippen LogP contribution in [0.4, 0.5) is 5.69 Å². The molecule has 4 nitrogen and oxygen atoms in total. The number of hydrogen-bond acceptors (Lipinski definition) is 2. The molecule has 0 fully saturated rings. The Labute approximate surface area is 89.4 Å². The van der Waals surface area contributed by atoms with Crippen LogP contribution in [0.25, 0.3) is 0 Å². The van der Waals surface area contributed by atoms with Crippen molar-refractivity contribution in [2.45, 2.75) is 0 Å². The van der Waals surface area contributed by atoms with E-state index >= 15 is 0 Å². The largest absolute Gasteiger partial charge is 0.474 e. The first-order valence-electron chi connectivity index (χ1n) is 3.49. The van der Waals surface area contributed by atoms with Gasteiger partial charge in [-0.25, -0.2) is 4.79 Å². The van der Waals surface area contributed by atoms with Gasteiger partial charge < -0.3 is 10.4 Å². The van der Waals surface area contributed by atoms with Crippen molar-refractivity contribution in [1.29, 1.82) is 0 Å². The molecule has 0 unspecified atom stereocenters. The third-order valence-electron chi connectivity index (χ3n) is 1.31. The van der Waals surface area contributed by atoms with Crippen LogP contribution in [0, 0.1) is 0 Å². The lowest BCUT2D eigenvalue weighted by Crippen LogP contribution is -2.21. The summed E-state index contributed by atoms with van der Waals surface area (Å²) < 4.78 is 0. The summed E-state index contributed by atoms with van der Waals surface area (Å²) in [6.45, 7) is 0. The highest BCUT2D eigenvalue weighted by Crippen LogP contribution is 2.22. The van der Waals surface area contributed by atoms with Gasteiger partial charge in [0.15, 0.2) is 0 Å². The van der Waals surface area contributed by atoms with E-state index in [0.29, 0.717) is 10.0 Å². The Morgan fingerprint density at radius 3 is 2.07 bits per heavy atom. The van der Waals surface area contributed by atoms with Crippen LogP contribution in [0.5, 0.6) is 0 Å². The zero-order valence-electron chi connectivity index (χ0n) is 6.75. The highest BCUT2D eigenvalue weighted by molar-refractivity contribution is 6.38. The fraction of sp³-hybridized carbons (Fsp3) is 0. The van der Waals surface area contributed by atoms with E-state index in [1.165, 1.54) is 18.2 Å². The van der Waals surface area contributed by atoms with E-state index in [4.69, 9.17) is 28.3 Å². The third-order valence-corrected chi connectivity index (χ3v) is 1.75. The summed E-state index contributed by atoms with van der Waals surface area (Å²) in [6, 6.07) is 4.27. The molecular formula is C8H5Cl2NO3. The first-order valence-corrected chi connectivity index (χ1v) is 4.25. The number of aliphatic carboxylic acids is 1. The Hall–Kier alpha value is -1.26. The number of carboxylic acids is 1. The molecule has 0 atom stereocenters. The fourth-order valence-corrected chi connectivity index (χ4v) is 1.34. The van der Waals surface area contributed by atoms with Gasteiger partial charge in [-0.1, -0.05) is 23.2 Å². The summed E-state index contributed by atoms with van der Waals surface area (Å²) in [6.07, 6.45) is 0. The Morgan fingerprint density at radius 2 is 1.64 bits per heavy atom. The molecule has 0 bridgehead atoms. The molecule has 0 aliphatic heterocycles. The molecule has 74 valence electrons. The number of carboxylic acid groups (broad SMARTS) is 1. The topological polar surface area (TPSA) is 66.4 Å². The SMILES string of the molecule is O=C(O)C(=O)Nc1cc(Cl)cc(Cl)c1. The molecule has 1 rings (SSSR count). The summed E-state index contributed by atoms with van der Waals surface area (Å²) in [5, 5.41) is 11.1. The van der Waals surface area contributed by atoms with Gasteiger partial charge >= 0.3 is 11.9 Å². The molecule has 0 spiro atoms. The normalized spacial score (nSPS) is 9.57. The monoisotopic (exact) mass is 233 g/mol. The van der Waals surface area contributed by atoms with Gasteiger partial charge in [-0.15, -0.1) is 0 Å². The lowest BCUT2D eigenvalue weighted by molar-refractivity contribution is -0.147. The van der Waals surface area contributed by atoms with Crippen LogP contribution < -0.4 is 5.32 Å². The Bertz CT molecular complexity index is 372. The van der Waals surface area contributed by atoms with Crippen molar-refractivity contribution in [3.63, 3.8) is 0 Å². The van der Waals surface area contributed by atoms with E-state index in [2.05, 4.69) is 5.32 Å². The maximum atomic E-state index is 10.7. The van der Waals surface area contributed by atoms with Crippen molar-refractivity contribution in [3.8, 4) is 0 Å². The van der Waals surface area contributed by atoms with Gasteiger partial charge in [-0.2, -0.15) is 0 Å². The van der Waals surface area contributed by atoms with E-state index in [-0.39, 0.29) is 5.69 Å².